The second kappa shape index (κ2) is 5.58. The van der Waals surface area contributed by atoms with Crippen LogP contribution in [0.15, 0.2) is 24.3 Å². The van der Waals surface area contributed by atoms with Crippen LogP contribution in [-0.2, 0) is 11.2 Å². The second-order valence-electron chi connectivity index (χ2n) is 7.57. The topological polar surface area (TPSA) is 50.4 Å². The highest BCUT2D eigenvalue weighted by molar-refractivity contribution is 5.69. The Bertz CT molecular complexity index is 556. The second-order valence-corrected chi connectivity index (χ2v) is 7.57. The molecule has 1 unspecified atom stereocenters. The molecule has 1 aromatic rings. The summed E-state index contributed by atoms with van der Waals surface area (Å²) in [7, 11) is 0. The average molecular weight is 302 g/mol. The third-order valence-corrected chi connectivity index (χ3v) is 4.78. The van der Waals surface area contributed by atoms with E-state index < -0.39 is 5.60 Å². The Kier molecular flexibility index (Phi) is 3.89. The number of fused-ring (bicyclic) bond motifs is 1. The van der Waals surface area contributed by atoms with Gasteiger partial charge in [0, 0.05) is 5.41 Å². The predicted molar refractivity (Wildman–Crippen MR) is 86.8 cm³/mol. The highest BCUT2D eigenvalue weighted by Crippen LogP contribution is 2.51. The predicted octanol–water partition coefficient (Wildman–Crippen LogP) is 3.18. The number of nitrogens with one attached hydrogen (secondary N) is 2. The zero-order chi connectivity index (χ0) is 15.8. The molecule has 2 aliphatic rings. The molecule has 22 heavy (non-hydrogen) atoms. The van der Waals surface area contributed by atoms with Gasteiger partial charge in [-0.05, 0) is 64.3 Å². The third kappa shape index (κ3) is 2.98. The van der Waals surface area contributed by atoms with Crippen molar-refractivity contribution in [1.82, 2.24) is 10.6 Å². The molecule has 3 rings (SSSR count). The van der Waals surface area contributed by atoms with Crippen LogP contribution in [0.25, 0.3) is 0 Å². The van der Waals surface area contributed by atoms with Crippen LogP contribution in [0.3, 0.4) is 0 Å². The zero-order valence-electron chi connectivity index (χ0n) is 13.7. The Labute approximate surface area is 132 Å². The maximum Gasteiger partial charge on any atom is 0.408 e. The Balaban J connectivity index is 1.85. The number of ether oxygens (including phenoxy) is 1. The van der Waals surface area contributed by atoms with Crippen LogP contribution < -0.4 is 10.6 Å². The molecule has 1 amide bonds. The molecule has 1 fully saturated rings. The monoisotopic (exact) mass is 302 g/mol. The van der Waals surface area contributed by atoms with E-state index in [4.69, 9.17) is 4.74 Å². The fourth-order valence-electron chi connectivity index (χ4n) is 3.83. The van der Waals surface area contributed by atoms with Gasteiger partial charge < -0.3 is 15.4 Å². The summed E-state index contributed by atoms with van der Waals surface area (Å²) in [5, 5.41) is 6.59. The molecule has 0 saturated carbocycles. The zero-order valence-corrected chi connectivity index (χ0v) is 13.7. The van der Waals surface area contributed by atoms with Gasteiger partial charge >= 0.3 is 6.09 Å². The first-order valence-corrected chi connectivity index (χ1v) is 8.18. The van der Waals surface area contributed by atoms with Crippen LogP contribution in [0, 0.1) is 5.41 Å². The van der Waals surface area contributed by atoms with E-state index in [2.05, 4.69) is 34.9 Å². The van der Waals surface area contributed by atoms with Crippen molar-refractivity contribution in [2.75, 3.05) is 13.1 Å². The van der Waals surface area contributed by atoms with Crippen LogP contribution in [0.5, 0.6) is 0 Å². The Morgan fingerprint density at radius 3 is 2.64 bits per heavy atom. The number of benzene rings is 1. The van der Waals surface area contributed by atoms with Crippen molar-refractivity contribution in [2.24, 2.45) is 5.41 Å². The lowest BCUT2D eigenvalue weighted by Gasteiger charge is -2.40. The molecule has 2 N–H and O–H groups in total. The van der Waals surface area contributed by atoms with Gasteiger partial charge in [0.05, 0.1) is 6.04 Å². The van der Waals surface area contributed by atoms with Crippen LogP contribution in [0.1, 0.15) is 50.8 Å². The molecular weight excluding hydrogens is 276 g/mol. The Morgan fingerprint density at radius 2 is 1.95 bits per heavy atom. The van der Waals surface area contributed by atoms with E-state index in [9.17, 15) is 4.79 Å². The van der Waals surface area contributed by atoms with Gasteiger partial charge in [0.15, 0.2) is 0 Å². The van der Waals surface area contributed by atoms with E-state index in [1.54, 1.807) is 0 Å². The lowest BCUT2D eigenvalue weighted by atomic mass is 9.73. The smallest absolute Gasteiger partial charge is 0.408 e. The average Bonchev–Trinajstić information content (AvgIpc) is 2.72. The molecular formula is C18H26N2O2. The summed E-state index contributed by atoms with van der Waals surface area (Å²) in [5.41, 5.74) is 2.29. The van der Waals surface area contributed by atoms with E-state index in [0.717, 1.165) is 32.4 Å². The van der Waals surface area contributed by atoms with Crippen molar-refractivity contribution in [1.29, 1.82) is 0 Å². The van der Waals surface area contributed by atoms with Gasteiger partial charge in [-0.2, -0.15) is 0 Å². The SMILES string of the molecule is CC(C)(C)OC(=O)NC1c2ccccc2CC12CCNCC2. The van der Waals surface area contributed by atoms with E-state index >= 15 is 0 Å². The summed E-state index contributed by atoms with van der Waals surface area (Å²) in [5.74, 6) is 0. The van der Waals surface area contributed by atoms with Gasteiger partial charge in [0.1, 0.15) is 5.60 Å². The number of piperidine rings is 1. The van der Waals surface area contributed by atoms with E-state index in [1.165, 1.54) is 11.1 Å². The van der Waals surface area contributed by atoms with Crippen LogP contribution in [0.4, 0.5) is 4.79 Å². The lowest BCUT2D eigenvalue weighted by molar-refractivity contribution is 0.0421. The van der Waals surface area contributed by atoms with Crippen molar-refractivity contribution in [3.05, 3.63) is 35.4 Å². The molecule has 1 spiro atoms. The van der Waals surface area contributed by atoms with Gasteiger partial charge in [-0.25, -0.2) is 4.79 Å². The maximum atomic E-state index is 12.3. The molecule has 1 saturated heterocycles. The van der Waals surface area contributed by atoms with Gasteiger partial charge in [-0.15, -0.1) is 0 Å². The molecule has 0 bridgehead atoms. The molecule has 1 aliphatic carbocycles. The summed E-state index contributed by atoms with van der Waals surface area (Å²) in [6, 6.07) is 8.54. The molecule has 4 heteroatoms. The fourth-order valence-corrected chi connectivity index (χ4v) is 3.83. The summed E-state index contributed by atoms with van der Waals surface area (Å²) < 4.78 is 5.48. The first-order chi connectivity index (χ1) is 10.4. The van der Waals surface area contributed by atoms with Crippen LogP contribution in [0.2, 0.25) is 0 Å². The summed E-state index contributed by atoms with van der Waals surface area (Å²) >= 11 is 0. The Morgan fingerprint density at radius 1 is 1.27 bits per heavy atom. The van der Waals surface area contributed by atoms with Gasteiger partial charge in [0.2, 0.25) is 0 Å². The van der Waals surface area contributed by atoms with Gasteiger partial charge in [-0.3, -0.25) is 0 Å². The van der Waals surface area contributed by atoms with Crippen molar-refractivity contribution < 1.29 is 9.53 Å². The standard InChI is InChI=1S/C18H26N2O2/c1-17(2,3)22-16(21)20-15-14-7-5-4-6-13(14)12-18(15)8-10-19-11-9-18/h4-7,15,19H,8-12H2,1-3H3,(H,20,21). The molecule has 1 heterocycles. The first kappa shape index (κ1) is 15.3. The van der Waals surface area contributed by atoms with E-state index in [-0.39, 0.29) is 17.6 Å². The normalized spacial score (nSPS) is 23.1. The lowest BCUT2D eigenvalue weighted by Crippen LogP contribution is -2.46. The third-order valence-electron chi connectivity index (χ3n) is 4.78. The van der Waals surface area contributed by atoms with Crippen LogP contribution in [-0.4, -0.2) is 24.8 Å². The molecule has 120 valence electrons. The molecule has 1 aliphatic heterocycles. The number of carbonyl (C=O) groups excluding carboxylic acids is 1. The maximum absolute atomic E-state index is 12.3. The van der Waals surface area contributed by atoms with E-state index in [1.807, 2.05) is 20.8 Å². The minimum Gasteiger partial charge on any atom is -0.444 e. The van der Waals surface area contributed by atoms with Crippen molar-refractivity contribution in [3.8, 4) is 0 Å². The highest BCUT2D eigenvalue weighted by Gasteiger charge is 2.47. The summed E-state index contributed by atoms with van der Waals surface area (Å²) in [6.45, 7) is 7.72. The largest absolute Gasteiger partial charge is 0.444 e. The minimum absolute atomic E-state index is 0.0562. The summed E-state index contributed by atoms with van der Waals surface area (Å²) in [6.07, 6.45) is 2.91. The quantitative estimate of drug-likeness (QED) is 0.837. The van der Waals surface area contributed by atoms with Crippen molar-refractivity contribution in [2.45, 2.75) is 51.7 Å². The van der Waals surface area contributed by atoms with E-state index in [0.29, 0.717) is 0 Å². The number of carbonyl (C=O) groups is 1. The Hall–Kier alpha value is -1.55. The summed E-state index contributed by atoms with van der Waals surface area (Å²) in [4.78, 5) is 12.3. The van der Waals surface area contributed by atoms with Crippen molar-refractivity contribution >= 4 is 6.09 Å². The molecule has 0 radical (unpaired) electrons. The number of amides is 1. The number of alkyl carbamates (subject to hydrolysis) is 1. The number of hydrogen-bond donors (Lipinski definition) is 2. The highest BCUT2D eigenvalue weighted by atomic mass is 16.6. The van der Waals surface area contributed by atoms with Gasteiger partial charge in [0.25, 0.3) is 0 Å². The number of rotatable bonds is 1. The molecule has 1 aromatic carbocycles. The van der Waals surface area contributed by atoms with Crippen molar-refractivity contribution in [3.63, 3.8) is 0 Å². The fraction of sp³-hybridized carbons (Fsp3) is 0.611. The molecule has 1 atom stereocenters. The van der Waals surface area contributed by atoms with Gasteiger partial charge in [-0.1, -0.05) is 24.3 Å². The molecule has 4 nitrogen and oxygen atoms in total. The first-order valence-electron chi connectivity index (χ1n) is 8.18. The molecule has 0 aromatic heterocycles. The number of hydrogen-bond acceptors (Lipinski definition) is 3. The minimum atomic E-state index is -0.469. The van der Waals surface area contributed by atoms with Crippen LogP contribution >= 0.6 is 0 Å².